The Bertz CT molecular complexity index is 709. The molecule has 0 heterocycles. The van der Waals surface area contributed by atoms with Gasteiger partial charge >= 0.3 is 5.97 Å². The fourth-order valence-electron chi connectivity index (χ4n) is 2.31. The van der Waals surface area contributed by atoms with Crippen molar-refractivity contribution in [3.05, 3.63) is 60.2 Å². The van der Waals surface area contributed by atoms with Crippen molar-refractivity contribution in [3.63, 3.8) is 0 Å². The standard InChI is InChI=1S/C20H24N2O3/c1-14(2)18(19(23)21-16-8-6-5-7-9-16)25-20(24)15-10-12-17(13-11-15)22(3)4/h5-14,18H,1-4H3,(H,21,23). The van der Waals surface area contributed by atoms with Gasteiger partial charge in [-0.05, 0) is 42.3 Å². The van der Waals surface area contributed by atoms with E-state index >= 15 is 0 Å². The largest absolute Gasteiger partial charge is 0.448 e. The van der Waals surface area contributed by atoms with E-state index in [-0.39, 0.29) is 11.8 Å². The van der Waals surface area contributed by atoms with Gasteiger partial charge in [0.25, 0.3) is 5.91 Å². The van der Waals surface area contributed by atoms with Crippen molar-refractivity contribution in [3.8, 4) is 0 Å². The molecule has 2 aromatic carbocycles. The van der Waals surface area contributed by atoms with Gasteiger partial charge in [0.1, 0.15) is 0 Å². The average molecular weight is 340 g/mol. The molecule has 0 radical (unpaired) electrons. The fourth-order valence-corrected chi connectivity index (χ4v) is 2.31. The molecule has 0 saturated heterocycles. The predicted octanol–water partition coefficient (Wildman–Crippen LogP) is 3.57. The molecule has 1 atom stereocenters. The number of para-hydroxylation sites is 1. The van der Waals surface area contributed by atoms with Crippen LogP contribution in [0.5, 0.6) is 0 Å². The van der Waals surface area contributed by atoms with Crippen LogP contribution in [0.4, 0.5) is 11.4 Å². The van der Waals surface area contributed by atoms with Gasteiger partial charge in [0.2, 0.25) is 0 Å². The van der Waals surface area contributed by atoms with Gasteiger partial charge < -0.3 is 15.0 Å². The minimum atomic E-state index is -0.860. The third-order valence-corrected chi connectivity index (χ3v) is 3.76. The first-order valence-corrected chi connectivity index (χ1v) is 8.22. The molecular weight excluding hydrogens is 316 g/mol. The van der Waals surface area contributed by atoms with Crippen LogP contribution < -0.4 is 10.2 Å². The maximum absolute atomic E-state index is 12.5. The molecule has 0 aliphatic rings. The van der Waals surface area contributed by atoms with Crippen LogP contribution in [0, 0.1) is 5.92 Å². The average Bonchev–Trinajstić information content (AvgIpc) is 2.60. The minimum absolute atomic E-state index is 0.145. The number of benzene rings is 2. The first-order chi connectivity index (χ1) is 11.9. The topological polar surface area (TPSA) is 58.6 Å². The van der Waals surface area contributed by atoms with Crippen LogP contribution in [0.2, 0.25) is 0 Å². The van der Waals surface area contributed by atoms with Crippen molar-refractivity contribution in [2.24, 2.45) is 5.92 Å². The second-order valence-corrected chi connectivity index (χ2v) is 6.37. The van der Waals surface area contributed by atoms with E-state index in [1.54, 1.807) is 24.3 Å². The van der Waals surface area contributed by atoms with Gasteiger partial charge in [-0.1, -0.05) is 32.0 Å². The van der Waals surface area contributed by atoms with Crippen LogP contribution in [0.25, 0.3) is 0 Å². The Kier molecular flexibility index (Phi) is 6.17. The Hall–Kier alpha value is -2.82. The molecular formula is C20H24N2O3. The number of esters is 1. The van der Waals surface area contributed by atoms with Crippen molar-refractivity contribution in [1.29, 1.82) is 0 Å². The summed E-state index contributed by atoms with van der Waals surface area (Å²) in [7, 11) is 3.85. The van der Waals surface area contributed by atoms with Gasteiger partial charge in [-0.2, -0.15) is 0 Å². The van der Waals surface area contributed by atoms with E-state index in [0.29, 0.717) is 11.3 Å². The lowest BCUT2D eigenvalue weighted by molar-refractivity contribution is -0.126. The quantitative estimate of drug-likeness (QED) is 0.817. The number of ether oxygens (including phenoxy) is 1. The Balaban J connectivity index is 2.07. The number of rotatable bonds is 6. The predicted molar refractivity (Wildman–Crippen MR) is 99.9 cm³/mol. The van der Waals surface area contributed by atoms with E-state index in [2.05, 4.69) is 5.32 Å². The summed E-state index contributed by atoms with van der Waals surface area (Å²) in [5.41, 5.74) is 2.08. The molecule has 0 saturated carbocycles. The third kappa shape index (κ3) is 5.08. The summed E-state index contributed by atoms with van der Waals surface area (Å²) in [5.74, 6) is -0.986. The number of hydrogen-bond donors (Lipinski definition) is 1. The van der Waals surface area contributed by atoms with Crippen molar-refractivity contribution in [2.75, 3.05) is 24.3 Å². The van der Waals surface area contributed by atoms with Gasteiger partial charge in [-0.25, -0.2) is 4.79 Å². The van der Waals surface area contributed by atoms with E-state index in [1.165, 1.54) is 0 Å². The number of amides is 1. The number of hydrogen-bond acceptors (Lipinski definition) is 4. The number of nitrogens with one attached hydrogen (secondary N) is 1. The van der Waals surface area contributed by atoms with Crippen LogP contribution in [-0.2, 0) is 9.53 Å². The monoisotopic (exact) mass is 340 g/mol. The van der Waals surface area contributed by atoms with Gasteiger partial charge in [-0.3, -0.25) is 4.79 Å². The number of anilines is 2. The van der Waals surface area contributed by atoms with Crippen molar-refractivity contribution < 1.29 is 14.3 Å². The lowest BCUT2D eigenvalue weighted by atomic mass is 10.1. The van der Waals surface area contributed by atoms with Gasteiger partial charge in [-0.15, -0.1) is 0 Å². The Labute approximate surface area is 148 Å². The Morgan fingerprint density at radius 1 is 0.960 bits per heavy atom. The summed E-state index contributed by atoms with van der Waals surface area (Å²) in [6.45, 7) is 3.69. The first kappa shape index (κ1) is 18.5. The molecule has 5 heteroatoms. The fraction of sp³-hybridized carbons (Fsp3) is 0.300. The molecule has 1 N–H and O–H groups in total. The SMILES string of the molecule is CC(C)C(OC(=O)c1ccc(N(C)C)cc1)C(=O)Nc1ccccc1. The number of nitrogens with zero attached hydrogens (tertiary/aromatic N) is 1. The highest BCUT2D eigenvalue weighted by Gasteiger charge is 2.27. The molecule has 0 aliphatic heterocycles. The molecule has 0 spiro atoms. The molecule has 2 aromatic rings. The summed E-state index contributed by atoms with van der Waals surface area (Å²) < 4.78 is 5.47. The smallest absolute Gasteiger partial charge is 0.338 e. The van der Waals surface area contributed by atoms with E-state index < -0.39 is 12.1 Å². The second-order valence-electron chi connectivity index (χ2n) is 6.37. The van der Waals surface area contributed by atoms with Crippen LogP contribution in [0.1, 0.15) is 24.2 Å². The van der Waals surface area contributed by atoms with Crippen LogP contribution in [0.15, 0.2) is 54.6 Å². The molecule has 1 unspecified atom stereocenters. The molecule has 0 aromatic heterocycles. The van der Waals surface area contributed by atoms with Crippen molar-refractivity contribution >= 4 is 23.3 Å². The third-order valence-electron chi connectivity index (χ3n) is 3.76. The van der Waals surface area contributed by atoms with E-state index in [9.17, 15) is 9.59 Å². The Morgan fingerprint density at radius 2 is 1.56 bits per heavy atom. The van der Waals surface area contributed by atoms with E-state index in [4.69, 9.17) is 4.74 Å². The molecule has 5 nitrogen and oxygen atoms in total. The number of carbonyl (C=O) groups excluding carboxylic acids is 2. The summed E-state index contributed by atoms with van der Waals surface area (Å²) in [6, 6.07) is 16.2. The molecule has 2 rings (SSSR count). The summed E-state index contributed by atoms with van der Waals surface area (Å²) >= 11 is 0. The van der Waals surface area contributed by atoms with Crippen LogP contribution >= 0.6 is 0 Å². The van der Waals surface area contributed by atoms with Gasteiger partial charge in [0.05, 0.1) is 5.56 Å². The van der Waals surface area contributed by atoms with Crippen LogP contribution in [-0.4, -0.2) is 32.1 Å². The van der Waals surface area contributed by atoms with E-state index in [1.807, 2.05) is 63.2 Å². The second kappa shape index (κ2) is 8.33. The van der Waals surface area contributed by atoms with Gasteiger partial charge in [0, 0.05) is 25.5 Å². The molecule has 1 amide bonds. The normalized spacial score (nSPS) is 11.7. The summed E-state index contributed by atoms with van der Waals surface area (Å²) in [6.07, 6.45) is -0.860. The highest BCUT2D eigenvalue weighted by atomic mass is 16.5. The number of carbonyl (C=O) groups is 2. The maximum atomic E-state index is 12.5. The highest BCUT2D eigenvalue weighted by Crippen LogP contribution is 2.17. The molecule has 0 bridgehead atoms. The molecule has 0 fully saturated rings. The zero-order chi connectivity index (χ0) is 18.4. The lowest BCUT2D eigenvalue weighted by Gasteiger charge is -2.21. The molecule has 0 aliphatic carbocycles. The molecule has 25 heavy (non-hydrogen) atoms. The van der Waals surface area contributed by atoms with Crippen molar-refractivity contribution in [1.82, 2.24) is 0 Å². The molecule has 132 valence electrons. The highest BCUT2D eigenvalue weighted by molar-refractivity contribution is 5.97. The lowest BCUT2D eigenvalue weighted by Crippen LogP contribution is -2.36. The summed E-state index contributed by atoms with van der Waals surface area (Å²) in [5, 5.41) is 2.78. The Morgan fingerprint density at radius 3 is 2.08 bits per heavy atom. The van der Waals surface area contributed by atoms with Crippen molar-refractivity contribution in [2.45, 2.75) is 20.0 Å². The van der Waals surface area contributed by atoms with E-state index in [0.717, 1.165) is 5.69 Å². The van der Waals surface area contributed by atoms with Gasteiger partial charge in [0.15, 0.2) is 6.10 Å². The summed E-state index contributed by atoms with van der Waals surface area (Å²) in [4.78, 5) is 26.8. The first-order valence-electron chi connectivity index (χ1n) is 8.22. The van der Waals surface area contributed by atoms with Crippen LogP contribution in [0.3, 0.4) is 0 Å². The minimum Gasteiger partial charge on any atom is -0.448 e. The zero-order valence-electron chi connectivity index (χ0n) is 15.0. The zero-order valence-corrected chi connectivity index (χ0v) is 15.0. The maximum Gasteiger partial charge on any atom is 0.338 e.